The van der Waals surface area contributed by atoms with E-state index < -0.39 is 23.1 Å². The van der Waals surface area contributed by atoms with E-state index in [4.69, 9.17) is 4.74 Å². The van der Waals surface area contributed by atoms with Crippen LogP contribution >= 0.6 is 0 Å². The summed E-state index contributed by atoms with van der Waals surface area (Å²) in [6.45, 7) is 8.97. The van der Waals surface area contributed by atoms with Crippen molar-refractivity contribution < 1.29 is 32.6 Å². The molecule has 2 aliphatic rings. The van der Waals surface area contributed by atoms with Crippen LogP contribution in [0.25, 0.3) is 11.1 Å². The number of nitrogens with zero attached hydrogens (tertiary/aromatic N) is 3. The fourth-order valence-electron chi connectivity index (χ4n) is 5.44. The molecule has 2 aliphatic heterocycles. The maximum absolute atomic E-state index is 13.4. The van der Waals surface area contributed by atoms with Crippen LogP contribution in [0.3, 0.4) is 0 Å². The van der Waals surface area contributed by atoms with Crippen molar-refractivity contribution in [2.45, 2.75) is 45.2 Å². The number of carbonyl (C=O) groups excluding carboxylic acids is 2. The number of halogens is 3. The Morgan fingerprint density at radius 1 is 1.34 bits per heavy atom. The van der Waals surface area contributed by atoms with Crippen LogP contribution in [0.4, 0.5) is 24.7 Å². The number of fused-ring (bicyclic) bond motifs is 3. The van der Waals surface area contributed by atoms with Gasteiger partial charge in [-0.15, -0.1) is 0 Å². The first kappa shape index (κ1) is 30.1. The molecule has 11 heteroatoms. The maximum atomic E-state index is 13.4. The van der Waals surface area contributed by atoms with E-state index in [1.807, 2.05) is 19.9 Å². The molecule has 2 aromatic rings. The fraction of sp³-hybridized carbons (Fsp3) is 0.400. The minimum Gasteiger partial charge on any atom is -0.395 e. The van der Waals surface area contributed by atoms with Gasteiger partial charge in [-0.1, -0.05) is 13.0 Å². The van der Waals surface area contributed by atoms with Crippen molar-refractivity contribution in [3.8, 4) is 11.1 Å². The van der Waals surface area contributed by atoms with Crippen LogP contribution in [0.15, 0.2) is 58.9 Å². The highest BCUT2D eigenvalue weighted by molar-refractivity contribution is 6.06. The Labute approximate surface area is 236 Å². The minimum atomic E-state index is -4.59. The number of benzene rings is 1. The molecule has 2 atom stereocenters. The normalized spacial score (nSPS) is 21.6. The zero-order valence-corrected chi connectivity index (χ0v) is 23.2. The summed E-state index contributed by atoms with van der Waals surface area (Å²) in [5, 5.41) is 12.3. The molecular formula is C30H33F3N4O4. The summed E-state index contributed by atoms with van der Waals surface area (Å²) in [7, 11) is 0. The highest BCUT2D eigenvalue weighted by Gasteiger charge is 2.49. The second-order valence-electron chi connectivity index (χ2n) is 10.5. The lowest BCUT2D eigenvalue weighted by molar-refractivity contribution is -0.125. The zero-order valence-electron chi connectivity index (χ0n) is 23.2. The number of aliphatic hydroxyl groups excluding tert-OH is 1. The van der Waals surface area contributed by atoms with Crippen molar-refractivity contribution >= 4 is 30.0 Å². The molecule has 1 saturated heterocycles. The van der Waals surface area contributed by atoms with Gasteiger partial charge < -0.3 is 15.2 Å². The van der Waals surface area contributed by atoms with Crippen molar-refractivity contribution in [3.63, 3.8) is 0 Å². The van der Waals surface area contributed by atoms with Crippen molar-refractivity contribution in [2.24, 2.45) is 10.9 Å². The van der Waals surface area contributed by atoms with E-state index in [9.17, 15) is 27.9 Å². The predicted molar refractivity (Wildman–Crippen MR) is 151 cm³/mol. The summed E-state index contributed by atoms with van der Waals surface area (Å²) in [5.41, 5.74) is 1.85. The fourth-order valence-corrected chi connectivity index (χ4v) is 5.44. The average Bonchev–Trinajstić information content (AvgIpc) is 3.13. The summed E-state index contributed by atoms with van der Waals surface area (Å²) < 4.78 is 44.9. The molecule has 0 spiro atoms. The smallest absolute Gasteiger partial charge is 0.395 e. The summed E-state index contributed by atoms with van der Waals surface area (Å²) in [6.07, 6.45) is -0.0726. The quantitative estimate of drug-likeness (QED) is 0.274. The molecular weight excluding hydrogens is 537 g/mol. The lowest BCUT2D eigenvalue weighted by Gasteiger charge is -2.44. The molecule has 218 valence electrons. The number of aromatic nitrogens is 1. The van der Waals surface area contributed by atoms with Gasteiger partial charge in [-0.25, -0.2) is 4.98 Å². The van der Waals surface area contributed by atoms with Gasteiger partial charge in [0, 0.05) is 53.4 Å². The SMILES string of the molecule is C=N/C=C(\C=C(/C)C(F)(F)F)C(=O)Nc1ccc(C)c(-c2cnc3c(c2)C2(C)CCOCCC2C(=O)N3CCO)c1. The van der Waals surface area contributed by atoms with Gasteiger partial charge in [0.2, 0.25) is 5.91 Å². The van der Waals surface area contributed by atoms with Crippen LogP contribution < -0.4 is 10.2 Å². The number of hydrogen-bond acceptors (Lipinski definition) is 6. The Morgan fingerprint density at radius 2 is 2.10 bits per heavy atom. The third kappa shape index (κ3) is 6.11. The number of aryl methyl sites for hydroxylation is 1. The van der Waals surface area contributed by atoms with Crippen LogP contribution in [0.5, 0.6) is 0 Å². The lowest BCUT2D eigenvalue weighted by atomic mass is 9.66. The molecule has 0 bridgehead atoms. The highest BCUT2D eigenvalue weighted by atomic mass is 19.4. The molecule has 1 aromatic carbocycles. The van der Waals surface area contributed by atoms with Crippen molar-refractivity contribution in [3.05, 3.63) is 65.0 Å². The average molecular weight is 571 g/mol. The lowest BCUT2D eigenvalue weighted by Crippen LogP contribution is -2.52. The second-order valence-corrected chi connectivity index (χ2v) is 10.5. The Kier molecular flexibility index (Phi) is 8.79. The van der Waals surface area contributed by atoms with Crippen LogP contribution in [-0.2, 0) is 19.7 Å². The number of rotatable bonds is 7. The molecule has 2 unspecified atom stereocenters. The van der Waals surface area contributed by atoms with Gasteiger partial charge in [0.1, 0.15) is 5.82 Å². The van der Waals surface area contributed by atoms with E-state index in [1.54, 1.807) is 24.4 Å². The number of aliphatic imine (C=N–C) groups is 1. The van der Waals surface area contributed by atoms with E-state index in [-0.39, 0.29) is 30.5 Å². The molecule has 4 rings (SSSR count). The Morgan fingerprint density at radius 3 is 2.78 bits per heavy atom. The van der Waals surface area contributed by atoms with Gasteiger partial charge in [0.15, 0.2) is 0 Å². The van der Waals surface area contributed by atoms with Crippen LogP contribution in [0, 0.1) is 12.8 Å². The Balaban J connectivity index is 1.73. The zero-order chi connectivity index (χ0) is 29.9. The summed E-state index contributed by atoms with van der Waals surface area (Å²) in [6, 6.07) is 7.17. The molecule has 0 radical (unpaired) electrons. The predicted octanol–water partition coefficient (Wildman–Crippen LogP) is 5.11. The van der Waals surface area contributed by atoms with Crippen molar-refractivity contribution in [2.75, 3.05) is 36.6 Å². The summed E-state index contributed by atoms with van der Waals surface area (Å²) in [5.74, 6) is -0.668. The first-order valence-corrected chi connectivity index (χ1v) is 13.2. The molecule has 1 aromatic heterocycles. The molecule has 41 heavy (non-hydrogen) atoms. The first-order valence-electron chi connectivity index (χ1n) is 13.2. The van der Waals surface area contributed by atoms with Gasteiger partial charge in [-0.3, -0.25) is 19.5 Å². The number of alkyl halides is 3. The second kappa shape index (κ2) is 12.0. The van der Waals surface area contributed by atoms with Gasteiger partial charge in [0.25, 0.3) is 5.91 Å². The molecule has 2 N–H and O–H groups in total. The van der Waals surface area contributed by atoms with Gasteiger partial charge in [-0.05, 0) is 68.8 Å². The van der Waals surface area contributed by atoms with E-state index in [0.29, 0.717) is 37.6 Å². The van der Waals surface area contributed by atoms with Crippen molar-refractivity contribution in [1.29, 1.82) is 0 Å². The largest absolute Gasteiger partial charge is 0.412 e. The Hall–Kier alpha value is -3.83. The minimum absolute atomic E-state index is 0.0756. The van der Waals surface area contributed by atoms with E-state index in [1.165, 1.54) is 4.90 Å². The molecule has 0 aliphatic carbocycles. The van der Waals surface area contributed by atoms with Crippen LogP contribution in [0.1, 0.15) is 37.8 Å². The van der Waals surface area contributed by atoms with Crippen LogP contribution in [0.2, 0.25) is 0 Å². The molecule has 2 amide bonds. The molecule has 8 nitrogen and oxygen atoms in total. The van der Waals surface area contributed by atoms with E-state index >= 15 is 0 Å². The topological polar surface area (TPSA) is 104 Å². The van der Waals surface area contributed by atoms with Gasteiger partial charge >= 0.3 is 6.18 Å². The van der Waals surface area contributed by atoms with Crippen molar-refractivity contribution in [1.82, 2.24) is 4.98 Å². The van der Waals surface area contributed by atoms with Gasteiger partial charge in [-0.2, -0.15) is 13.2 Å². The number of pyridine rings is 1. The molecule has 0 saturated carbocycles. The number of ether oxygens (including phenoxy) is 1. The standard InChI is InChI=1S/C30H33F3N4O4/c1-18-5-6-22(36-27(39)21(16-34-4)13-19(2)30(31,32)33)15-23(18)20-14-25-26(35-17-20)37(9-10-38)28(40)24-7-11-41-12-8-29(24,25)3/h5-6,13-17,24,38H,4,7-12H2,1-3H3,(H,36,39)/b19-13+,21-16+. The van der Waals surface area contributed by atoms with E-state index in [0.717, 1.165) is 41.5 Å². The van der Waals surface area contributed by atoms with E-state index in [2.05, 4.69) is 22.0 Å². The molecule has 3 heterocycles. The third-order valence-electron chi connectivity index (χ3n) is 7.83. The monoisotopic (exact) mass is 570 g/mol. The number of anilines is 2. The Bertz CT molecular complexity index is 1420. The van der Waals surface area contributed by atoms with Gasteiger partial charge in [0.05, 0.1) is 24.6 Å². The highest BCUT2D eigenvalue weighted by Crippen LogP contribution is 2.48. The number of carbonyl (C=O) groups is 2. The summed E-state index contributed by atoms with van der Waals surface area (Å²) in [4.78, 5) is 36.0. The summed E-state index contributed by atoms with van der Waals surface area (Å²) >= 11 is 0. The van der Waals surface area contributed by atoms with Crippen LogP contribution in [-0.4, -0.2) is 61.2 Å². The number of nitrogens with one attached hydrogen (secondary N) is 1. The number of hydrogen-bond donors (Lipinski definition) is 2. The third-order valence-corrected chi connectivity index (χ3v) is 7.83. The number of aliphatic hydroxyl groups is 1. The first-order chi connectivity index (χ1) is 19.4. The number of allylic oxidation sites excluding steroid dienone is 1. The maximum Gasteiger partial charge on any atom is 0.412 e. The number of β-amino-alcohol motifs (C(OH)–C–C–N with tert-alkyl or cyclic N) is 1. The molecule has 1 fully saturated rings. The number of amides is 2.